The van der Waals surface area contributed by atoms with Gasteiger partial charge in [0, 0.05) is 39.6 Å². The highest BCUT2D eigenvalue weighted by molar-refractivity contribution is 9.10. The topological polar surface area (TPSA) is 68.3 Å². The van der Waals surface area contributed by atoms with Crippen molar-refractivity contribution >= 4 is 69.6 Å². The SMILES string of the molecule is BrC1CCC1.N#Cc1c[nH]c2cc(Br)c(F)cc12.N#Cc1cn(C2CCC2)c2cc(Br)c(F)cc12. The smallest absolute Gasteiger partial charge is 0.138 e. The van der Waals surface area contributed by atoms with Crippen LogP contribution in [-0.2, 0) is 0 Å². The summed E-state index contributed by atoms with van der Waals surface area (Å²) < 4.78 is 29.5. The molecule has 180 valence electrons. The van der Waals surface area contributed by atoms with E-state index in [4.69, 9.17) is 10.5 Å². The van der Waals surface area contributed by atoms with E-state index in [-0.39, 0.29) is 11.6 Å². The van der Waals surface area contributed by atoms with E-state index in [1.807, 2.05) is 12.3 Å². The molecule has 0 atom stereocenters. The highest BCUT2D eigenvalue weighted by atomic mass is 79.9. The maximum Gasteiger partial charge on any atom is 0.138 e. The Morgan fingerprint density at radius 2 is 1.43 bits per heavy atom. The van der Waals surface area contributed by atoms with Crippen LogP contribution >= 0.6 is 47.8 Å². The van der Waals surface area contributed by atoms with Gasteiger partial charge in [-0.05, 0) is 88.2 Å². The van der Waals surface area contributed by atoms with E-state index in [0.717, 1.165) is 28.7 Å². The zero-order valence-electron chi connectivity index (χ0n) is 18.6. The largest absolute Gasteiger partial charge is 0.360 e. The summed E-state index contributed by atoms with van der Waals surface area (Å²) in [6, 6.07) is 10.8. The van der Waals surface area contributed by atoms with Crippen molar-refractivity contribution < 1.29 is 8.78 Å². The number of nitrogens with one attached hydrogen (secondary N) is 1. The van der Waals surface area contributed by atoms with E-state index >= 15 is 0 Å². The highest BCUT2D eigenvalue weighted by Crippen LogP contribution is 2.37. The first-order chi connectivity index (χ1) is 16.8. The van der Waals surface area contributed by atoms with Gasteiger partial charge in [-0.25, -0.2) is 8.78 Å². The van der Waals surface area contributed by atoms with Gasteiger partial charge in [0.25, 0.3) is 0 Å². The van der Waals surface area contributed by atoms with Gasteiger partial charge in [0.2, 0.25) is 0 Å². The fourth-order valence-corrected chi connectivity index (χ4v) is 5.19. The summed E-state index contributed by atoms with van der Waals surface area (Å²) in [6.45, 7) is 0. The molecule has 0 saturated heterocycles. The number of rotatable bonds is 1. The fraction of sp³-hybridized carbons (Fsp3) is 0.308. The van der Waals surface area contributed by atoms with E-state index in [1.54, 1.807) is 18.3 Å². The van der Waals surface area contributed by atoms with Crippen molar-refractivity contribution in [2.24, 2.45) is 0 Å². The molecule has 1 N–H and O–H groups in total. The van der Waals surface area contributed by atoms with Gasteiger partial charge in [-0.3, -0.25) is 0 Å². The lowest BCUT2D eigenvalue weighted by molar-refractivity contribution is 0.321. The van der Waals surface area contributed by atoms with Gasteiger partial charge < -0.3 is 9.55 Å². The number of H-pyrrole nitrogens is 1. The number of hydrogen-bond donors (Lipinski definition) is 1. The second-order valence-electron chi connectivity index (χ2n) is 8.58. The number of nitrogens with zero attached hydrogens (tertiary/aromatic N) is 3. The number of hydrogen-bond acceptors (Lipinski definition) is 2. The molecule has 2 aromatic heterocycles. The van der Waals surface area contributed by atoms with Crippen molar-refractivity contribution in [2.45, 2.75) is 49.4 Å². The lowest BCUT2D eigenvalue weighted by atomic mass is 9.93. The Bertz CT molecular complexity index is 1450. The Morgan fingerprint density at radius 1 is 0.857 bits per heavy atom. The third-order valence-corrected chi connectivity index (χ3v) is 8.47. The standard InChI is InChI=1S/C13H10BrFN2.C9H4BrFN2.C4H7Br/c14-11-5-13-10(4-12(11)15)8(6-16)7-17(13)9-2-1-3-9;10-7-2-9-6(1-8(7)11)5(3-12)4-13-9;5-4-2-1-3-4/h4-5,7,9H,1-3H2;1-2,4,13H;4H,1-3H2. The van der Waals surface area contributed by atoms with Crippen LogP contribution in [0.3, 0.4) is 0 Å². The summed E-state index contributed by atoms with van der Waals surface area (Å²) >= 11 is 9.73. The predicted octanol–water partition coefficient (Wildman–Crippen LogP) is 9.01. The van der Waals surface area contributed by atoms with Crippen molar-refractivity contribution in [1.29, 1.82) is 10.5 Å². The van der Waals surface area contributed by atoms with Crippen LogP contribution in [0.1, 0.15) is 55.7 Å². The number of alkyl halides is 1. The molecule has 4 nitrogen and oxygen atoms in total. The molecule has 2 aliphatic carbocycles. The Balaban J connectivity index is 0.000000141. The molecule has 2 heterocycles. The zero-order chi connectivity index (χ0) is 25.1. The third-order valence-electron chi connectivity index (χ3n) is 6.34. The maximum absolute atomic E-state index is 13.5. The molecule has 2 aliphatic rings. The normalized spacial score (nSPS) is 15.2. The number of aromatic amines is 1. The van der Waals surface area contributed by atoms with Gasteiger partial charge in [-0.15, -0.1) is 0 Å². The van der Waals surface area contributed by atoms with Crippen LogP contribution in [0.2, 0.25) is 0 Å². The van der Waals surface area contributed by atoms with Crippen LogP contribution in [0.5, 0.6) is 0 Å². The van der Waals surface area contributed by atoms with Crippen LogP contribution in [-0.4, -0.2) is 14.4 Å². The molecule has 0 bridgehead atoms. The molecule has 0 spiro atoms. The minimum Gasteiger partial charge on any atom is -0.360 e. The van der Waals surface area contributed by atoms with Gasteiger partial charge in [0.15, 0.2) is 0 Å². The summed E-state index contributed by atoms with van der Waals surface area (Å²) in [5.74, 6) is -0.677. The Labute approximate surface area is 227 Å². The Kier molecular flexibility index (Phi) is 8.31. The molecule has 2 aromatic carbocycles. The van der Waals surface area contributed by atoms with Gasteiger partial charge in [0.05, 0.1) is 25.6 Å². The van der Waals surface area contributed by atoms with E-state index < -0.39 is 0 Å². The average molecular weight is 667 g/mol. The van der Waals surface area contributed by atoms with Crippen molar-refractivity contribution in [1.82, 2.24) is 9.55 Å². The molecule has 0 unspecified atom stereocenters. The van der Waals surface area contributed by atoms with Crippen molar-refractivity contribution in [2.75, 3.05) is 0 Å². The lowest BCUT2D eigenvalue weighted by Crippen LogP contribution is -2.15. The van der Waals surface area contributed by atoms with Crippen LogP contribution in [0.4, 0.5) is 8.78 Å². The average Bonchev–Trinajstić information content (AvgIpc) is 3.33. The minimum atomic E-state index is -0.358. The first kappa shape index (κ1) is 25.9. The summed E-state index contributed by atoms with van der Waals surface area (Å²) in [4.78, 5) is 3.77. The Hall–Kier alpha value is -2.20. The summed E-state index contributed by atoms with van der Waals surface area (Å²) in [7, 11) is 0. The molecule has 9 heteroatoms. The number of halogens is 5. The number of benzene rings is 2. The van der Waals surface area contributed by atoms with E-state index in [1.165, 1.54) is 37.8 Å². The van der Waals surface area contributed by atoms with Gasteiger partial charge >= 0.3 is 0 Å². The molecular formula is C26H21Br3F2N4. The molecule has 0 radical (unpaired) electrons. The minimum absolute atomic E-state index is 0.319. The van der Waals surface area contributed by atoms with Crippen LogP contribution in [0.15, 0.2) is 45.6 Å². The molecule has 6 rings (SSSR count). The Morgan fingerprint density at radius 3 is 1.94 bits per heavy atom. The third kappa shape index (κ3) is 5.63. The van der Waals surface area contributed by atoms with Crippen molar-refractivity contribution in [3.05, 3.63) is 68.4 Å². The summed E-state index contributed by atoms with van der Waals surface area (Å²) in [6.07, 6.45) is 11.2. The first-order valence-electron chi connectivity index (χ1n) is 11.2. The van der Waals surface area contributed by atoms with Crippen LogP contribution < -0.4 is 0 Å². The van der Waals surface area contributed by atoms with Gasteiger partial charge in [-0.2, -0.15) is 10.5 Å². The molecule has 35 heavy (non-hydrogen) atoms. The highest BCUT2D eigenvalue weighted by Gasteiger charge is 2.23. The molecule has 2 fully saturated rings. The maximum atomic E-state index is 13.5. The van der Waals surface area contributed by atoms with Crippen LogP contribution in [0, 0.1) is 34.3 Å². The fourth-order valence-electron chi connectivity index (χ4n) is 3.87. The van der Waals surface area contributed by atoms with Gasteiger partial charge in [0.1, 0.15) is 23.8 Å². The molecule has 4 aromatic rings. The second-order valence-corrected chi connectivity index (χ2v) is 11.6. The second kappa shape index (κ2) is 11.2. The van der Waals surface area contributed by atoms with E-state index in [9.17, 15) is 8.78 Å². The molecule has 2 saturated carbocycles. The summed E-state index contributed by atoms with van der Waals surface area (Å²) in [5, 5.41) is 19.1. The van der Waals surface area contributed by atoms with E-state index in [0.29, 0.717) is 36.9 Å². The van der Waals surface area contributed by atoms with Crippen LogP contribution in [0.25, 0.3) is 21.8 Å². The van der Waals surface area contributed by atoms with Crippen molar-refractivity contribution in [3.8, 4) is 12.1 Å². The monoisotopic (exact) mass is 664 g/mol. The zero-order valence-corrected chi connectivity index (χ0v) is 23.4. The molecule has 0 aliphatic heterocycles. The predicted molar refractivity (Wildman–Crippen MR) is 144 cm³/mol. The van der Waals surface area contributed by atoms with E-state index in [2.05, 4.69) is 63.4 Å². The first-order valence-corrected chi connectivity index (χ1v) is 13.7. The molecule has 0 amide bonds. The quantitative estimate of drug-likeness (QED) is 0.206. The van der Waals surface area contributed by atoms with Gasteiger partial charge in [-0.1, -0.05) is 22.4 Å². The molecular weight excluding hydrogens is 646 g/mol. The number of aromatic nitrogens is 2. The summed E-state index contributed by atoms with van der Waals surface area (Å²) in [5.41, 5.74) is 2.71. The number of fused-ring (bicyclic) bond motifs is 2. The lowest BCUT2D eigenvalue weighted by Gasteiger charge is -2.28. The van der Waals surface area contributed by atoms with Crippen molar-refractivity contribution in [3.63, 3.8) is 0 Å². The number of nitriles is 2.